The number of aryl methyl sites for hydroxylation is 1. The number of phenols is 1. The van der Waals surface area contributed by atoms with E-state index in [0.29, 0.717) is 28.8 Å². The van der Waals surface area contributed by atoms with Crippen LogP contribution in [-0.4, -0.2) is 29.8 Å². The molecule has 3 heterocycles. The molecule has 1 aromatic carbocycles. The highest BCUT2D eigenvalue weighted by Crippen LogP contribution is 2.30. The summed E-state index contributed by atoms with van der Waals surface area (Å²) in [6, 6.07) is 7.02. The Balaban J connectivity index is 1.73. The number of anilines is 2. The monoisotopic (exact) mass is 350 g/mol. The fraction of sp³-hybridized carbons (Fsp3) is 0.222. The quantitative estimate of drug-likeness (QED) is 0.579. The third kappa shape index (κ3) is 2.85. The topological polar surface area (TPSA) is 101 Å². The van der Waals surface area contributed by atoms with Crippen molar-refractivity contribution in [1.82, 2.24) is 24.7 Å². The van der Waals surface area contributed by atoms with Gasteiger partial charge in [-0.15, -0.1) is 0 Å². The van der Waals surface area contributed by atoms with Gasteiger partial charge in [0.25, 0.3) is 0 Å². The van der Waals surface area contributed by atoms with Crippen LogP contribution in [0.2, 0.25) is 0 Å². The van der Waals surface area contributed by atoms with E-state index < -0.39 is 0 Å². The smallest absolute Gasteiger partial charge is 0.229 e. The molecule has 3 aromatic heterocycles. The van der Waals surface area contributed by atoms with Gasteiger partial charge in [0.15, 0.2) is 5.82 Å². The Kier molecular flexibility index (Phi) is 3.80. The number of nitrogens with zero attached hydrogens (tertiary/aromatic N) is 5. The molecule has 0 aliphatic heterocycles. The van der Waals surface area contributed by atoms with Gasteiger partial charge in [0.1, 0.15) is 17.6 Å². The van der Waals surface area contributed by atoms with E-state index >= 15 is 0 Å². The molecule has 0 unspecified atom stereocenters. The molecule has 0 aliphatic rings. The van der Waals surface area contributed by atoms with Gasteiger partial charge in [0.05, 0.1) is 0 Å². The molecule has 0 spiro atoms. The standard InChI is InChI=1S/C18H18N6O2/c1-10(2)18-22-16(23-26-18)12-6-13(8-14(25)7-12)21-17-15-11(3)4-5-24(15)20-9-19-17/h4-10,25H,1-3H3,(H,19,20,21). The van der Waals surface area contributed by atoms with E-state index in [2.05, 4.69) is 25.5 Å². The fourth-order valence-electron chi connectivity index (χ4n) is 2.74. The molecule has 0 amide bonds. The first-order valence-corrected chi connectivity index (χ1v) is 8.25. The van der Waals surface area contributed by atoms with E-state index in [9.17, 15) is 5.11 Å². The molecular formula is C18H18N6O2. The minimum absolute atomic E-state index is 0.0954. The molecule has 0 radical (unpaired) electrons. The van der Waals surface area contributed by atoms with E-state index in [-0.39, 0.29) is 11.7 Å². The highest BCUT2D eigenvalue weighted by atomic mass is 16.5. The van der Waals surface area contributed by atoms with Gasteiger partial charge >= 0.3 is 0 Å². The summed E-state index contributed by atoms with van der Waals surface area (Å²) < 4.78 is 7.01. The van der Waals surface area contributed by atoms with Gasteiger partial charge in [0, 0.05) is 29.4 Å². The predicted octanol–water partition coefficient (Wildman–Crippen LogP) is 3.66. The highest BCUT2D eigenvalue weighted by Gasteiger charge is 2.14. The number of benzene rings is 1. The summed E-state index contributed by atoms with van der Waals surface area (Å²) in [5.41, 5.74) is 3.24. The molecule has 4 aromatic rings. The average Bonchev–Trinajstić information content (AvgIpc) is 3.23. The van der Waals surface area contributed by atoms with Crippen LogP contribution >= 0.6 is 0 Å². The van der Waals surface area contributed by atoms with Crippen LogP contribution in [0.4, 0.5) is 11.5 Å². The minimum atomic E-state index is 0.0954. The second-order valence-corrected chi connectivity index (χ2v) is 6.41. The summed E-state index contributed by atoms with van der Waals surface area (Å²) in [4.78, 5) is 8.70. The lowest BCUT2D eigenvalue weighted by Crippen LogP contribution is -2.00. The summed E-state index contributed by atoms with van der Waals surface area (Å²) in [7, 11) is 0. The average molecular weight is 350 g/mol. The molecule has 8 heteroatoms. The molecule has 26 heavy (non-hydrogen) atoms. The Hall–Kier alpha value is -3.42. The Labute approximate surface area is 149 Å². The number of hydrogen-bond donors (Lipinski definition) is 2. The van der Waals surface area contributed by atoms with E-state index in [1.165, 1.54) is 6.33 Å². The van der Waals surface area contributed by atoms with Gasteiger partial charge in [-0.1, -0.05) is 19.0 Å². The number of phenolic OH excluding ortho intramolecular Hbond substituents is 1. The number of fused-ring (bicyclic) bond motifs is 1. The second kappa shape index (κ2) is 6.14. The van der Waals surface area contributed by atoms with Gasteiger partial charge in [-0.25, -0.2) is 9.50 Å². The van der Waals surface area contributed by atoms with Crippen LogP contribution in [0.3, 0.4) is 0 Å². The Morgan fingerprint density at radius 1 is 1.23 bits per heavy atom. The van der Waals surface area contributed by atoms with Crippen LogP contribution in [0.1, 0.15) is 31.2 Å². The number of nitrogens with one attached hydrogen (secondary N) is 1. The Bertz CT molecular complexity index is 1080. The molecule has 0 fully saturated rings. The first kappa shape index (κ1) is 16.1. The third-order valence-corrected chi connectivity index (χ3v) is 4.03. The number of hydrogen-bond acceptors (Lipinski definition) is 7. The SMILES string of the molecule is Cc1ccn2ncnc(Nc3cc(O)cc(-c4noc(C(C)C)n4)c3)c12. The predicted molar refractivity (Wildman–Crippen MR) is 96.5 cm³/mol. The molecule has 8 nitrogen and oxygen atoms in total. The van der Waals surface area contributed by atoms with Gasteiger partial charge in [-0.2, -0.15) is 10.1 Å². The zero-order valence-electron chi connectivity index (χ0n) is 14.6. The largest absolute Gasteiger partial charge is 0.508 e. The molecular weight excluding hydrogens is 332 g/mol. The summed E-state index contributed by atoms with van der Waals surface area (Å²) in [6.45, 7) is 5.95. The highest BCUT2D eigenvalue weighted by molar-refractivity contribution is 5.78. The van der Waals surface area contributed by atoms with Crippen molar-refractivity contribution >= 4 is 17.0 Å². The van der Waals surface area contributed by atoms with Gasteiger partial charge in [-0.05, 0) is 30.7 Å². The molecule has 0 bridgehead atoms. The third-order valence-electron chi connectivity index (χ3n) is 4.03. The maximum absolute atomic E-state index is 10.1. The van der Waals surface area contributed by atoms with Crippen molar-refractivity contribution in [3.8, 4) is 17.1 Å². The molecule has 132 valence electrons. The maximum Gasteiger partial charge on any atom is 0.229 e. The van der Waals surface area contributed by atoms with Gasteiger partial charge < -0.3 is 14.9 Å². The van der Waals surface area contributed by atoms with Crippen LogP contribution in [0.5, 0.6) is 5.75 Å². The lowest BCUT2D eigenvalue weighted by molar-refractivity contribution is 0.365. The molecule has 0 aliphatic carbocycles. The lowest BCUT2D eigenvalue weighted by Gasteiger charge is -2.09. The van der Waals surface area contributed by atoms with E-state index in [1.807, 2.05) is 39.1 Å². The zero-order chi connectivity index (χ0) is 18.3. The van der Waals surface area contributed by atoms with Crippen molar-refractivity contribution in [3.63, 3.8) is 0 Å². The zero-order valence-corrected chi connectivity index (χ0v) is 14.6. The Morgan fingerprint density at radius 2 is 2.08 bits per heavy atom. The van der Waals surface area contributed by atoms with Gasteiger partial charge in [-0.3, -0.25) is 0 Å². The fourth-order valence-corrected chi connectivity index (χ4v) is 2.74. The van der Waals surface area contributed by atoms with Crippen LogP contribution in [0.15, 0.2) is 41.3 Å². The lowest BCUT2D eigenvalue weighted by atomic mass is 10.1. The second-order valence-electron chi connectivity index (χ2n) is 6.41. The van der Waals surface area contributed by atoms with Crippen molar-refractivity contribution in [1.29, 1.82) is 0 Å². The molecule has 0 saturated heterocycles. The molecule has 2 N–H and O–H groups in total. The van der Waals surface area contributed by atoms with Crippen LogP contribution in [0.25, 0.3) is 16.9 Å². The van der Waals surface area contributed by atoms with Crippen molar-refractivity contribution < 1.29 is 9.63 Å². The summed E-state index contributed by atoms with van der Waals surface area (Å²) in [6.07, 6.45) is 3.35. The molecule has 4 rings (SSSR count). The van der Waals surface area contributed by atoms with Crippen molar-refractivity contribution in [2.75, 3.05) is 5.32 Å². The normalized spacial score (nSPS) is 11.4. The van der Waals surface area contributed by atoms with Crippen LogP contribution in [-0.2, 0) is 0 Å². The van der Waals surface area contributed by atoms with E-state index in [0.717, 1.165) is 11.1 Å². The molecule has 0 atom stereocenters. The first-order chi connectivity index (χ1) is 12.5. The number of rotatable bonds is 4. The van der Waals surface area contributed by atoms with Crippen molar-refractivity contribution in [3.05, 3.63) is 48.2 Å². The summed E-state index contributed by atoms with van der Waals surface area (Å²) in [5.74, 6) is 1.87. The van der Waals surface area contributed by atoms with E-state index in [4.69, 9.17) is 4.52 Å². The maximum atomic E-state index is 10.1. The minimum Gasteiger partial charge on any atom is -0.508 e. The van der Waals surface area contributed by atoms with E-state index in [1.54, 1.807) is 16.6 Å². The summed E-state index contributed by atoms with van der Waals surface area (Å²) in [5, 5.41) is 21.5. The molecule has 0 saturated carbocycles. The number of aromatic nitrogens is 5. The first-order valence-electron chi connectivity index (χ1n) is 8.25. The van der Waals surface area contributed by atoms with Crippen molar-refractivity contribution in [2.45, 2.75) is 26.7 Å². The summed E-state index contributed by atoms with van der Waals surface area (Å²) >= 11 is 0. The number of aromatic hydroxyl groups is 1. The van der Waals surface area contributed by atoms with Crippen LogP contribution in [0, 0.1) is 6.92 Å². The Morgan fingerprint density at radius 3 is 2.85 bits per heavy atom. The van der Waals surface area contributed by atoms with Crippen LogP contribution < -0.4 is 5.32 Å². The van der Waals surface area contributed by atoms with Gasteiger partial charge in [0.2, 0.25) is 11.7 Å². The van der Waals surface area contributed by atoms with Crippen molar-refractivity contribution in [2.24, 2.45) is 0 Å².